The van der Waals surface area contributed by atoms with E-state index in [0.29, 0.717) is 23.5 Å². The summed E-state index contributed by atoms with van der Waals surface area (Å²) in [5.41, 5.74) is 2.40. The van der Waals surface area contributed by atoms with Crippen LogP contribution in [0.5, 0.6) is 5.75 Å². The monoisotopic (exact) mass is 453 g/mol. The molecule has 0 saturated heterocycles. The quantitative estimate of drug-likeness (QED) is 0.526. The fourth-order valence-corrected chi connectivity index (χ4v) is 5.00. The van der Waals surface area contributed by atoms with Crippen molar-refractivity contribution in [2.45, 2.75) is 45.3 Å². The molecule has 1 aromatic carbocycles. The van der Waals surface area contributed by atoms with Gasteiger partial charge in [0.1, 0.15) is 5.00 Å². The highest BCUT2D eigenvalue weighted by atomic mass is 32.1. The van der Waals surface area contributed by atoms with Crippen LogP contribution in [-0.2, 0) is 24.2 Å². The van der Waals surface area contributed by atoms with Crippen LogP contribution in [0, 0.1) is 5.82 Å². The number of thiophene rings is 1. The number of benzene rings is 1. The van der Waals surface area contributed by atoms with Crippen molar-refractivity contribution < 1.29 is 18.7 Å². The van der Waals surface area contributed by atoms with Crippen molar-refractivity contribution in [1.29, 1.82) is 0 Å². The molecule has 1 atom stereocenters. The number of nitrogens with one attached hydrogen (secondary N) is 2. The maximum Gasteiger partial charge on any atom is 0.266 e. The lowest BCUT2D eigenvalue weighted by molar-refractivity contribution is -0.122. The first kappa shape index (κ1) is 22.0. The molecule has 2 heterocycles. The molecule has 3 aromatic rings. The Morgan fingerprint density at radius 1 is 1.22 bits per heavy atom. The minimum atomic E-state index is -0.879. The first-order chi connectivity index (χ1) is 15.6. The molecular formula is C24H24FN3O3S. The topological polar surface area (TPSA) is 80.3 Å². The van der Waals surface area contributed by atoms with E-state index in [2.05, 4.69) is 15.6 Å². The number of carbonyl (C=O) groups is 2. The molecule has 32 heavy (non-hydrogen) atoms. The van der Waals surface area contributed by atoms with E-state index < -0.39 is 17.8 Å². The number of fused-ring (bicyclic) bond motifs is 1. The Kier molecular flexibility index (Phi) is 6.80. The number of aryl methyl sites for hydroxylation is 1. The summed E-state index contributed by atoms with van der Waals surface area (Å²) in [4.78, 5) is 31.2. The first-order valence-electron chi connectivity index (χ1n) is 10.6. The highest BCUT2D eigenvalue weighted by molar-refractivity contribution is 7.17. The van der Waals surface area contributed by atoms with E-state index in [1.165, 1.54) is 23.5 Å². The molecule has 0 spiro atoms. The van der Waals surface area contributed by atoms with Crippen LogP contribution in [0.1, 0.15) is 46.1 Å². The largest absolute Gasteiger partial charge is 0.478 e. The summed E-state index contributed by atoms with van der Waals surface area (Å²) in [7, 11) is 0. The fourth-order valence-electron chi connectivity index (χ4n) is 3.71. The number of para-hydroxylation sites is 1. The standard InChI is InChI=1S/C24H24FN3O3S/c1-2-18(31-19-10-4-3-9-17(19)25)22(29)28-24-21(16-8-5-11-20(16)32-24)23(30)27-14-15-7-6-12-26-13-15/h3-4,6-7,9-10,12-13,18H,2,5,8,11,14H2,1H3,(H,27,30)(H,28,29)/t18-/m1/s1. The molecule has 0 saturated carbocycles. The molecule has 8 heteroatoms. The molecule has 166 valence electrons. The summed E-state index contributed by atoms with van der Waals surface area (Å²) in [5.74, 6) is -1.13. The second kappa shape index (κ2) is 9.91. The molecule has 0 radical (unpaired) electrons. The minimum absolute atomic E-state index is 0.0256. The van der Waals surface area contributed by atoms with E-state index in [0.717, 1.165) is 35.3 Å². The molecule has 1 aliphatic rings. The van der Waals surface area contributed by atoms with Gasteiger partial charge in [0, 0.05) is 23.8 Å². The van der Waals surface area contributed by atoms with Crippen molar-refractivity contribution in [2.75, 3.05) is 5.32 Å². The zero-order chi connectivity index (χ0) is 22.5. The molecule has 0 bridgehead atoms. The van der Waals surface area contributed by atoms with E-state index in [-0.39, 0.29) is 11.7 Å². The average Bonchev–Trinajstić information content (AvgIpc) is 3.38. The third kappa shape index (κ3) is 4.80. The van der Waals surface area contributed by atoms with Gasteiger partial charge in [-0.05, 0) is 55.0 Å². The molecule has 4 rings (SSSR count). The van der Waals surface area contributed by atoms with Gasteiger partial charge in [0.05, 0.1) is 5.56 Å². The summed E-state index contributed by atoms with van der Waals surface area (Å²) in [5, 5.41) is 6.31. The Hall–Kier alpha value is -3.26. The summed E-state index contributed by atoms with van der Waals surface area (Å²) in [6, 6.07) is 9.69. The zero-order valence-corrected chi connectivity index (χ0v) is 18.5. The predicted octanol–water partition coefficient (Wildman–Crippen LogP) is 4.50. The third-order valence-corrected chi connectivity index (χ3v) is 6.54. The lowest BCUT2D eigenvalue weighted by atomic mass is 10.1. The molecule has 2 aromatic heterocycles. The molecule has 6 nitrogen and oxygen atoms in total. The summed E-state index contributed by atoms with van der Waals surface area (Å²) in [6.45, 7) is 2.14. The highest BCUT2D eigenvalue weighted by Gasteiger charge is 2.29. The van der Waals surface area contributed by atoms with Crippen molar-refractivity contribution >= 4 is 28.2 Å². The number of nitrogens with zero attached hydrogens (tertiary/aromatic N) is 1. The molecule has 2 N–H and O–H groups in total. The molecule has 0 fully saturated rings. The SMILES string of the molecule is CC[C@@H](Oc1ccccc1F)C(=O)Nc1sc2c(c1C(=O)NCc1cccnc1)CCC2. The molecule has 0 unspecified atom stereocenters. The van der Waals surface area contributed by atoms with Crippen molar-refractivity contribution in [2.24, 2.45) is 0 Å². The Morgan fingerprint density at radius 2 is 2.06 bits per heavy atom. The van der Waals surface area contributed by atoms with E-state index in [9.17, 15) is 14.0 Å². The van der Waals surface area contributed by atoms with Gasteiger partial charge < -0.3 is 15.4 Å². The van der Waals surface area contributed by atoms with Gasteiger partial charge in [-0.15, -0.1) is 11.3 Å². The normalized spacial score (nSPS) is 13.3. The van der Waals surface area contributed by atoms with Crippen molar-refractivity contribution in [3.05, 3.63) is 76.2 Å². The van der Waals surface area contributed by atoms with Gasteiger partial charge in [0.25, 0.3) is 11.8 Å². The number of amides is 2. The van der Waals surface area contributed by atoms with E-state index in [4.69, 9.17) is 4.74 Å². The van der Waals surface area contributed by atoms with Gasteiger partial charge in [0.15, 0.2) is 17.7 Å². The Morgan fingerprint density at radius 3 is 2.81 bits per heavy atom. The summed E-state index contributed by atoms with van der Waals surface area (Å²) >= 11 is 1.43. The first-order valence-corrected chi connectivity index (χ1v) is 11.4. The fraction of sp³-hybridized carbons (Fsp3) is 0.292. The smallest absolute Gasteiger partial charge is 0.266 e. The second-order valence-corrected chi connectivity index (χ2v) is 8.65. The van der Waals surface area contributed by atoms with Crippen LogP contribution in [0.25, 0.3) is 0 Å². The number of anilines is 1. The maximum atomic E-state index is 14.0. The number of pyridine rings is 1. The lowest BCUT2D eigenvalue weighted by Crippen LogP contribution is -2.33. The number of hydrogen-bond acceptors (Lipinski definition) is 5. The van der Waals surface area contributed by atoms with Gasteiger partial charge in [-0.2, -0.15) is 0 Å². The van der Waals surface area contributed by atoms with Crippen LogP contribution in [0.4, 0.5) is 9.39 Å². The van der Waals surface area contributed by atoms with E-state index >= 15 is 0 Å². The predicted molar refractivity (Wildman–Crippen MR) is 121 cm³/mol. The van der Waals surface area contributed by atoms with Crippen molar-refractivity contribution in [3.63, 3.8) is 0 Å². The number of halogens is 1. The minimum Gasteiger partial charge on any atom is -0.478 e. The van der Waals surface area contributed by atoms with Gasteiger partial charge in [-0.1, -0.05) is 25.1 Å². The van der Waals surface area contributed by atoms with Gasteiger partial charge in [0.2, 0.25) is 0 Å². The Bertz CT molecular complexity index is 1120. The van der Waals surface area contributed by atoms with Crippen molar-refractivity contribution in [3.8, 4) is 5.75 Å². The summed E-state index contributed by atoms with van der Waals surface area (Å²) in [6.07, 6.45) is 5.54. The number of hydrogen-bond donors (Lipinski definition) is 2. The lowest BCUT2D eigenvalue weighted by Gasteiger charge is -2.18. The molecule has 0 aliphatic heterocycles. The number of aromatic nitrogens is 1. The molecule has 2 amide bonds. The average molecular weight is 454 g/mol. The summed E-state index contributed by atoms with van der Waals surface area (Å²) < 4.78 is 19.6. The van der Waals surface area contributed by atoms with Crippen LogP contribution < -0.4 is 15.4 Å². The van der Waals surface area contributed by atoms with E-state index in [1.54, 1.807) is 31.5 Å². The van der Waals surface area contributed by atoms with Crippen LogP contribution in [-0.4, -0.2) is 22.9 Å². The second-order valence-electron chi connectivity index (χ2n) is 7.54. The number of ether oxygens (including phenoxy) is 1. The van der Waals surface area contributed by atoms with Crippen molar-refractivity contribution in [1.82, 2.24) is 10.3 Å². The Balaban J connectivity index is 1.51. The maximum absolute atomic E-state index is 14.0. The van der Waals surface area contributed by atoms with Crippen LogP contribution in [0.15, 0.2) is 48.8 Å². The molecular weight excluding hydrogens is 429 g/mol. The zero-order valence-electron chi connectivity index (χ0n) is 17.7. The van der Waals surface area contributed by atoms with Gasteiger partial charge >= 0.3 is 0 Å². The number of carbonyl (C=O) groups excluding carboxylic acids is 2. The van der Waals surface area contributed by atoms with Gasteiger partial charge in [-0.25, -0.2) is 4.39 Å². The van der Waals surface area contributed by atoms with Crippen LogP contribution in [0.2, 0.25) is 0 Å². The highest BCUT2D eigenvalue weighted by Crippen LogP contribution is 2.39. The van der Waals surface area contributed by atoms with E-state index in [1.807, 2.05) is 12.1 Å². The molecule has 1 aliphatic carbocycles. The van der Waals surface area contributed by atoms with Crippen LogP contribution >= 0.6 is 11.3 Å². The number of rotatable bonds is 8. The van der Waals surface area contributed by atoms with Gasteiger partial charge in [-0.3, -0.25) is 14.6 Å². The van der Waals surface area contributed by atoms with Crippen LogP contribution in [0.3, 0.4) is 0 Å². The third-order valence-electron chi connectivity index (χ3n) is 5.33. The Labute approximate surface area is 189 Å².